The molecule has 0 aliphatic carbocycles. The maximum Gasteiger partial charge on any atom is 0.176 e. The third-order valence-corrected chi connectivity index (χ3v) is 2.21. The molecule has 0 N–H and O–H groups in total. The van der Waals surface area contributed by atoms with Gasteiger partial charge in [-0.15, -0.1) is 0 Å². The van der Waals surface area contributed by atoms with Crippen LogP contribution in [0.25, 0.3) is 0 Å². The maximum atomic E-state index is 5.16. The van der Waals surface area contributed by atoms with Crippen LogP contribution >= 0.6 is 0 Å². The van der Waals surface area contributed by atoms with E-state index in [1.807, 2.05) is 14.1 Å². The molecule has 13 heavy (non-hydrogen) atoms. The summed E-state index contributed by atoms with van der Waals surface area (Å²) in [6, 6.07) is 4.23. The highest BCUT2D eigenvalue weighted by Gasteiger charge is 2.26. The van der Waals surface area contributed by atoms with Gasteiger partial charge in [0.25, 0.3) is 0 Å². The summed E-state index contributed by atoms with van der Waals surface area (Å²) < 4.78 is 7.32. The molecule has 2 heterocycles. The van der Waals surface area contributed by atoms with Crippen molar-refractivity contribution in [2.45, 2.75) is 12.6 Å². The van der Waals surface area contributed by atoms with Crippen LogP contribution in [0, 0.1) is 0 Å². The SMILES string of the molecule is CN(C)c1cc[n+](CC2CO2)cc1. The van der Waals surface area contributed by atoms with E-state index in [1.165, 1.54) is 5.69 Å². The molecule has 0 aromatic carbocycles. The zero-order valence-electron chi connectivity index (χ0n) is 8.10. The van der Waals surface area contributed by atoms with Gasteiger partial charge in [-0.1, -0.05) is 0 Å². The third kappa shape index (κ3) is 2.18. The predicted molar refractivity (Wildman–Crippen MR) is 50.7 cm³/mol. The monoisotopic (exact) mass is 179 g/mol. The van der Waals surface area contributed by atoms with Crippen molar-refractivity contribution in [2.75, 3.05) is 25.6 Å². The van der Waals surface area contributed by atoms with E-state index < -0.39 is 0 Å². The maximum absolute atomic E-state index is 5.16. The van der Waals surface area contributed by atoms with E-state index >= 15 is 0 Å². The summed E-state index contributed by atoms with van der Waals surface area (Å²) >= 11 is 0. The molecule has 1 aliphatic rings. The average Bonchev–Trinajstić information content (AvgIpc) is 2.89. The minimum Gasteiger partial charge on any atom is -0.377 e. The predicted octanol–water partition coefficient (Wildman–Crippen LogP) is 0.439. The highest BCUT2D eigenvalue weighted by atomic mass is 16.6. The van der Waals surface area contributed by atoms with E-state index in [0.29, 0.717) is 6.10 Å². The summed E-state index contributed by atoms with van der Waals surface area (Å²) in [4.78, 5) is 2.10. The average molecular weight is 179 g/mol. The lowest BCUT2D eigenvalue weighted by Crippen LogP contribution is -2.35. The van der Waals surface area contributed by atoms with E-state index in [9.17, 15) is 0 Å². The lowest BCUT2D eigenvalue weighted by Gasteiger charge is -2.10. The molecule has 1 aromatic rings. The Balaban J connectivity index is 2.04. The summed E-state index contributed by atoms with van der Waals surface area (Å²) in [6.45, 7) is 1.90. The molecule has 0 bridgehead atoms. The van der Waals surface area contributed by atoms with Crippen molar-refractivity contribution in [1.82, 2.24) is 0 Å². The molecule has 3 heteroatoms. The van der Waals surface area contributed by atoms with Gasteiger partial charge in [0.05, 0.1) is 6.61 Å². The molecule has 2 rings (SSSR count). The molecular formula is C10H15N2O+. The largest absolute Gasteiger partial charge is 0.377 e. The summed E-state index contributed by atoms with van der Waals surface area (Å²) in [5, 5.41) is 0. The smallest absolute Gasteiger partial charge is 0.176 e. The Morgan fingerprint density at radius 2 is 2.08 bits per heavy atom. The van der Waals surface area contributed by atoms with Crippen LogP contribution in [0.1, 0.15) is 0 Å². The molecule has 0 amide bonds. The number of ether oxygens (including phenoxy) is 1. The fourth-order valence-corrected chi connectivity index (χ4v) is 1.28. The van der Waals surface area contributed by atoms with E-state index in [-0.39, 0.29) is 0 Å². The van der Waals surface area contributed by atoms with Crippen LogP contribution in [0.5, 0.6) is 0 Å². The standard InChI is InChI=1S/C10H15N2O/c1-11(2)9-3-5-12(6-4-9)7-10-8-13-10/h3-6,10H,7-8H2,1-2H3/q+1. The lowest BCUT2D eigenvalue weighted by atomic mass is 10.3. The Labute approximate surface area is 78.6 Å². The van der Waals surface area contributed by atoms with Crippen molar-refractivity contribution in [3.63, 3.8) is 0 Å². The lowest BCUT2D eigenvalue weighted by molar-refractivity contribution is -0.698. The molecule has 0 saturated carbocycles. The van der Waals surface area contributed by atoms with Crippen LogP contribution in [0.3, 0.4) is 0 Å². The van der Waals surface area contributed by atoms with Gasteiger partial charge >= 0.3 is 0 Å². The minimum absolute atomic E-state index is 0.454. The first-order valence-electron chi connectivity index (χ1n) is 4.54. The normalized spacial score (nSPS) is 20.0. The Morgan fingerprint density at radius 1 is 1.46 bits per heavy atom. The van der Waals surface area contributed by atoms with Gasteiger partial charge in [-0.2, -0.15) is 0 Å². The summed E-state index contributed by atoms with van der Waals surface area (Å²) in [6.07, 6.45) is 4.64. The molecule has 70 valence electrons. The zero-order chi connectivity index (χ0) is 9.26. The fourth-order valence-electron chi connectivity index (χ4n) is 1.28. The van der Waals surface area contributed by atoms with Crippen molar-refractivity contribution in [1.29, 1.82) is 0 Å². The number of anilines is 1. The Bertz CT molecular complexity index is 277. The Kier molecular flexibility index (Phi) is 2.19. The zero-order valence-corrected chi connectivity index (χ0v) is 8.10. The number of hydrogen-bond acceptors (Lipinski definition) is 2. The first kappa shape index (κ1) is 8.51. The number of nitrogens with zero attached hydrogens (tertiary/aromatic N) is 2. The van der Waals surface area contributed by atoms with Crippen LogP contribution < -0.4 is 9.47 Å². The summed E-state index contributed by atoms with van der Waals surface area (Å²) in [7, 11) is 4.09. The quantitative estimate of drug-likeness (QED) is 0.495. The van der Waals surface area contributed by atoms with Crippen LogP contribution in [0.2, 0.25) is 0 Å². The molecular weight excluding hydrogens is 164 g/mol. The summed E-state index contributed by atoms with van der Waals surface area (Å²) in [5.41, 5.74) is 1.23. The third-order valence-electron chi connectivity index (χ3n) is 2.21. The molecule has 1 fully saturated rings. The molecule has 1 aromatic heterocycles. The van der Waals surface area contributed by atoms with Gasteiger partial charge in [0.15, 0.2) is 18.9 Å². The topological polar surface area (TPSA) is 19.6 Å². The van der Waals surface area contributed by atoms with Crippen LogP contribution in [-0.4, -0.2) is 26.8 Å². The van der Waals surface area contributed by atoms with Gasteiger partial charge in [-0.25, -0.2) is 4.57 Å². The van der Waals surface area contributed by atoms with Crippen molar-refractivity contribution in [3.05, 3.63) is 24.5 Å². The molecule has 1 aliphatic heterocycles. The first-order valence-corrected chi connectivity index (χ1v) is 4.54. The molecule has 0 radical (unpaired) electrons. The second kappa shape index (κ2) is 3.34. The van der Waals surface area contributed by atoms with Gasteiger partial charge in [0.1, 0.15) is 6.10 Å². The van der Waals surface area contributed by atoms with E-state index in [4.69, 9.17) is 4.74 Å². The van der Waals surface area contributed by atoms with Gasteiger partial charge in [-0.3, -0.25) is 0 Å². The van der Waals surface area contributed by atoms with Gasteiger partial charge in [0, 0.05) is 31.9 Å². The van der Waals surface area contributed by atoms with Gasteiger partial charge < -0.3 is 9.64 Å². The minimum atomic E-state index is 0.454. The molecule has 3 nitrogen and oxygen atoms in total. The number of aromatic nitrogens is 1. The number of pyridine rings is 1. The number of epoxide rings is 1. The van der Waals surface area contributed by atoms with Gasteiger partial charge in [-0.05, 0) is 0 Å². The van der Waals surface area contributed by atoms with E-state index in [2.05, 4.69) is 34.0 Å². The Morgan fingerprint density at radius 3 is 2.54 bits per heavy atom. The van der Waals surface area contributed by atoms with E-state index in [0.717, 1.165) is 13.2 Å². The number of rotatable bonds is 3. The highest BCUT2D eigenvalue weighted by molar-refractivity contribution is 5.41. The Hall–Kier alpha value is -1.09. The molecule has 1 saturated heterocycles. The molecule has 0 spiro atoms. The first-order chi connectivity index (χ1) is 6.25. The molecule has 1 unspecified atom stereocenters. The van der Waals surface area contributed by atoms with Crippen molar-refractivity contribution < 1.29 is 9.30 Å². The highest BCUT2D eigenvalue weighted by Crippen LogP contribution is 2.09. The van der Waals surface area contributed by atoms with Crippen molar-refractivity contribution >= 4 is 5.69 Å². The van der Waals surface area contributed by atoms with Crippen molar-refractivity contribution in [3.8, 4) is 0 Å². The second-order valence-corrected chi connectivity index (χ2v) is 3.60. The second-order valence-electron chi connectivity index (χ2n) is 3.60. The fraction of sp³-hybridized carbons (Fsp3) is 0.500. The van der Waals surface area contributed by atoms with Gasteiger partial charge in [0.2, 0.25) is 0 Å². The van der Waals surface area contributed by atoms with Crippen LogP contribution in [0.4, 0.5) is 5.69 Å². The molecule has 1 atom stereocenters. The number of hydrogen-bond donors (Lipinski definition) is 0. The summed E-state index contributed by atoms with van der Waals surface area (Å²) in [5.74, 6) is 0. The van der Waals surface area contributed by atoms with Crippen LogP contribution in [-0.2, 0) is 11.3 Å². The van der Waals surface area contributed by atoms with E-state index in [1.54, 1.807) is 0 Å². The van der Waals surface area contributed by atoms with Crippen LogP contribution in [0.15, 0.2) is 24.5 Å². The van der Waals surface area contributed by atoms with Crippen molar-refractivity contribution in [2.24, 2.45) is 0 Å².